The van der Waals surface area contributed by atoms with Crippen LogP contribution in [0.4, 0.5) is 26.0 Å². The van der Waals surface area contributed by atoms with Crippen molar-refractivity contribution in [1.82, 2.24) is 9.97 Å². The number of aromatic nitrogens is 2. The Morgan fingerprint density at radius 1 is 1.18 bits per heavy atom. The molecule has 0 unspecified atom stereocenters. The summed E-state index contributed by atoms with van der Waals surface area (Å²) in [5.74, 6) is -2.40. The van der Waals surface area contributed by atoms with Crippen LogP contribution in [-0.4, -0.2) is 60.8 Å². The third-order valence-corrected chi connectivity index (χ3v) is 9.61. The summed E-state index contributed by atoms with van der Waals surface area (Å²) in [6.07, 6.45) is 2.28. The lowest BCUT2D eigenvalue weighted by molar-refractivity contribution is -0.0387. The molecule has 212 valence electrons. The Morgan fingerprint density at radius 2 is 1.92 bits per heavy atom. The monoisotopic (exact) mass is 563 g/mol. The Morgan fingerprint density at radius 3 is 2.62 bits per heavy atom. The van der Waals surface area contributed by atoms with E-state index >= 15 is 0 Å². The maximum absolute atomic E-state index is 13.7. The van der Waals surface area contributed by atoms with Crippen molar-refractivity contribution in [3.63, 3.8) is 0 Å². The number of anilines is 3. The number of benzene rings is 1. The van der Waals surface area contributed by atoms with Gasteiger partial charge < -0.3 is 15.3 Å². The van der Waals surface area contributed by atoms with Crippen LogP contribution in [0.2, 0.25) is 0 Å². The third kappa shape index (κ3) is 6.32. The number of sulfonamides is 1. The number of aryl methyl sites for hydroxylation is 1. The number of hydrogen-bond acceptors (Lipinski definition) is 7. The number of carbonyl (C=O) groups is 1. The van der Waals surface area contributed by atoms with E-state index in [1.54, 1.807) is 25.1 Å². The van der Waals surface area contributed by atoms with Crippen LogP contribution >= 0.6 is 0 Å². The topological polar surface area (TPSA) is 125 Å². The Balaban J connectivity index is 1.40. The summed E-state index contributed by atoms with van der Waals surface area (Å²) in [4.78, 5) is 24.6. The van der Waals surface area contributed by atoms with E-state index in [9.17, 15) is 22.0 Å². The number of fused-ring (bicyclic) bond motifs is 1. The van der Waals surface area contributed by atoms with Crippen molar-refractivity contribution in [2.45, 2.75) is 64.2 Å². The zero-order valence-electron chi connectivity index (χ0n) is 22.2. The minimum Gasteiger partial charge on any atom is -0.395 e. The van der Waals surface area contributed by atoms with Crippen molar-refractivity contribution in [2.24, 2.45) is 11.3 Å². The number of piperidine rings is 1. The maximum Gasteiger partial charge on any atom is 0.258 e. The molecule has 5 rings (SSSR count). The van der Waals surface area contributed by atoms with Gasteiger partial charge in [-0.1, -0.05) is 6.92 Å². The molecule has 2 aliphatic carbocycles. The molecule has 1 aromatic heterocycles. The van der Waals surface area contributed by atoms with Gasteiger partial charge in [-0.2, -0.15) is 0 Å². The minimum atomic E-state index is -3.74. The van der Waals surface area contributed by atoms with Gasteiger partial charge in [0.25, 0.3) is 5.91 Å². The standard InChI is InChI=1S/C27H35F2N5O4S/c1-17-13-23(31-24(30-17)18-5-7-27(28,29)8-6-18)32-25(36)21-4-3-20(33-39(37,38)12-11-35)14-22(21)34-10-9-26(2)15-19(26)16-34/h3-4,13-14,18-19,33,35H,5-12,15-16H2,1-2H3,(H,30,31,32,36)/t19-,26-/m0/s1. The molecule has 3 N–H and O–H groups in total. The predicted molar refractivity (Wildman–Crippen MR) is 145 cm³/mol. The molecule has 2 atom stereocenters. The zero-order chi connectivity index (χ0) is 28.0. The molecule has 2 heterocycles. The second-order valence-corrected chi connectivity index (χ2v) is 13.3. The van der Waals surface area contributed by atoms with Gasteiger partial charge in [-0.25, -0.2) is 27.2 Å². The van der Waals surface area contributed by atoms with Gasteiger partial charge in [0.2, 0.25) is 15.9 Å². The average Bonchev–Trinajstić information content (AvgIpc) is 3.53. The molecule has 0 spiro atoms. The van der Waals surface area contributed by atoms with Gasteiger partial charge in [0, 0.05) is 43.6 Å². The van der Waals surface area contributed by atoms with Crippen molar-refractivity contribution < 1.29 is 27.1 Å². The van der Waals surface area contributed by atoms with E-state index in [1.807, 2.05) is 0 Å². The number of rotatable bonds is 8. The van der Waals surface area contributed by atoms with Gasteiger partial charge in [0.1, 0.15) is 11.6 Å². The smallest absolute Gasteiger partial charge is 0.258 e. The van der Waals surface area contributed by atoms with Crippen LogP contribution in [0.5, 0.6) is 0 Å². The van der Waals surface area contributed by atoms with Gasteiger partial charge >= 0.3 is 0 Å². The van der Waals surface area contributed by atoms with Crippen LogP contribution in [0.1, 0.15) is 73.2 Å². The lowest BCUT2D eigenvalue weighted by Crippen LogP contribution is -2.35. The Hall–Kier alpha value is -2.86. The first kappa shape index (κ1) is 27.7. The first-order valence-electron chi connectivity index (χ1n) is 13.4. The number of aliphatic hydroxyl groups excluding tert-OH is 1. The largest absolute Gasteiger partial charge is 0.395 e. The summed E-state index contributed by atoms with van der Waals surface area (Å²) in [5.41, 5.74) is 2.27. The van der Waals surface area contributed by atoms with Crippen LogP contribution in [0, 0.1) is 18.3 Å². The van der Waals surface area contributed by atoms with Crippen LogP contribution in [-0.2, 0) is 10.0 Å². The van der Waals surface area contributed by atoms with Crippen molar-refractivity contribution in [1.29, 1.82) is 0 Å². The van der Waals surface area contributed by atoms with Gasteiger partial charge in [-0.05, 0) is 62.1 Å². The molecular weight excluding hydrogens is 528 g/mol. The number of aliphatic hydroxyl groups is 1. The fourth-order valence-electron chi connectivity index (χ4n) is 5.78. The van der Waals surface area contributed by atoms with Gasteiger partial charge in [-0.3, -0.25) is 9.52 Å². The molecular formula is C27H35F2N5O4S. The molecule has 3 fully saturated rings. The number of carbonyl (C=O) groups excluding carboxylic acids is 1. The zero-order valence-corrected chi connectivity index (χ0v) is 23.0. The van der Waals surface area contributed by atoms with E-state index in [1.165, 1.54) is 6.07 Å². The SMILES string of the molecule is Cc1cc(NC(=O)c2ccc(NS(=O)(=O)CCO)cc2N2CC[C@@]3(C)C[C@H]3C2)nc(C2CCC(F)(F)CC2)n1. The van der Waals surface area contributed by atoms with Crippen LogP contribution in [0.3, 0.4) is 0 Å². The quantitative estimate of drug-likeness (QED) is 0.437. The normalized spacial score (nSPS) is 24.6. The molecule has 1 amide bonds. The molecule has 1 saturated heterocycles. The second kappa shape index (κ2) is 10.3. The van der Waals surface area contributed by atoms with E-state index < -0.39 is 34.2 Å². The number of nitrogens with zero attached hydrogens (tertiary/aromatic N) is 3. The molecule has 1 aromatic carbocycles. The number of nitrogens with one attached hydrogen (secondary N) is 2. The summed E-state index contributed by atoms with van der Waals surface area (Å²) in [6, 6.07) is 6.41. The Kier molecular flexibility index (Phi) is 7.30. The highest BCUT2D eigenvalue weighted by Crippen LogP contribution is 2.58. The lowest BCUT2D eigenvalue weighted by atomic mass is 9.86. The fourth-order valence-corrected chi connectivity index (χ4v) is 6.61. The van der Waals surface area contributed by atoms with E-state index in [2.05, 4.69) is 31.8 Å². The minimum absolute atomic E-state index is 0.192. The summed E-state index contributed by atoms with van der Waals surface area (Å²) in [5, 5.41) is 11.9. The third-order valence-electron chi connectivity index (χ3n) is 8.34. The van der Waals surface area contributed by atoms with Gasteiger partial charge in [-0.15, -0.1) is 0 Å². The highest BCUT2D eigenvalue weighted by Gasteiger charge is 2.52. The van der Waals surface area contributed by atoms with Crippen LogP contribution in [0.25, 0.3) is 0 Å². The molecule has 2 aromatic rings. The van der Waals surface area contributed by atoms with Crippen molar-refractivity contribution in [2.75, 3.05) is 40.4 Å². The Bertz CT molecular complexity index is 1360. The molecule has 0 bridgehead atoms. The fraction of sp³-hybridized carbons (Fsp3) is 0.593. The van der Waals surface area contributed by atoms with E-state index in [4.69, 9.17) is 5.11 Å². The predicted octanol–water partition coefficient (Wildman–Crippen LogP) is 4.30. The molecule has 2 saturated carbocycles. The molecule has 0 radical (unpaired) electrons. The summed E-state index contributed by atoms with van der Waals surface area (Å²) < 4.78 is 54.3. The van der Waals surface area contributed by atoms with Crippen LogP contribution in [0.15, 0.2) is 24.3 Å². The maximum atomic E-state index is 13.7. The van der Waals surface area contributed by atoms with Gasteiger partial charge in [0.15, 0.2) is 0 Å². The van der Waals surface area contributed by atoms with Crippen molar-refractivity contribution in [3.8, 4) is 0 Å². The summed E-state index contributed by atoms with van der Waals surface area (Å²) >= 11 is 0. The summed E-state index contributed by atoms with van der Waals surface area (Å²) in [7, 11) is -3.74. The molecule has 3 aliphatic rings. The molecule has 9 nitrogen and oxygen atoms in total. The molecule has 39 heavy (non-hydrogen) atoms. The van der Waals surface area contributed by atoms with Crippen molar-refractivity contribution >= 4 is 33.1 Å². The highest BCUT2D eigenvalue weighted by molar-refractivity contribution is 7.92. The van der Waals surface area contributed by atoms with E-state index in [-0.39, 0.29) is 31.6 Å². The number of hydrogen-bond donors (Lipinski definition) is 3. The lowest BCUT2D eigenvalue weighted by Gasteiger charge is -2.33. The second-order valence-electron chi connectivity index (χ2n) is 11.5. The van der Waals surface area contributed by atoms with Crippen molar-refractivity contribution in [3.05, 3.63) is 41.3 Å². The summed E-state index contributed by atoms with van der Waals surface area (Å²) in [6.45, 7) is 5.05. The van der Waals surface area contributed by atoms with E-state index in [0.717, 1.165) is 25.9 Å². The first-order valence-corrected chi connectivity index (χ1v) is 15.1. The first-order chi connectivity index (χ1) is 18.4. The number of halogens is 2. The Labute approximate surface area is 227 Å². The highest BCUT2D eigenvalue weighted by atomic mass is 32.2. The molecule has 12 heteroatoms. The van der Waals surface area contributed by atoms with Crippen LogP contribution < -0.4 is 14.9 Å². The van der Waals surface area contributed by atoms with E-state index in [0.29, 0.717) is 45.6 Å². The molecule has 1 aliphatic heterocycles. The van der Waals surface area contributed by atoms with Gasteiger partial charge in [0.05, 0.1) is 29.3 Å². The number of amides is 1. The number of alkyl halides is 2. The average molecular weight is 564 g/mol.